The maximum atomic E-state index is 11.7. The second-order valence-electron chi connectivity index (χ2n) is 5.23. The molecule has 1 unspecified atom stereocenters. The molecule has 0 saturated carbocycles. The van der Waals surface area contributed by atoms with Crippen molar-refractivity contribution in [3.05, 3.63) is 34.3 Å². The average molecular weight is 340 g/mol. The summed E-state index contributed by atoms with van der Waals surface area (Å²) in [6.45, 7) is 2.46. The highest BCUT2D eigenvalue weighted by Gasteiger charge is 2.28. The number of carbonyl (C=O) groups excluding carboxylic acids is 1. The normalized spacial score (nSPS) is 18.8. The number of benzene rings is 1. The Balaban J connectivity index is 2.00. The van der Waals surface area contributed by atoms with Gasteiger partial charge in [-0.05, 0) is 43.6 Å². The maximum absolute atomic E-state index is 11.7. The van der Waals surface area contributed by atoms with Crippen molar-refractivity contribution in [3.8, 4) is 0 Å². The molecule has 0 radical (unpaired) electrons. The summed E-state index contributed by atoms with van der Waals surface area (Å²) in [6, 6.07) is 8.58. The SMILES string of the molecule is CNC(=O)C1CCN(C(CN)c2ccc(Br)cc2)CC1. The summed E-state index contributed by atoms with van der Waals surface area (Å²) in [6.07, 6.45) is 1.82. The zero-order chi connectivity index (χ0) is 14.5. The van der Waals surface area contributed by atoms with Crippen molar-refractivity contribution in [1.29, 1.82) is 0 Å². The van der Waals surface area contributed by atoms with E-state index in [4.69, 9.17) is 5.73 Å². The van der Waals surface area contributed by atoms with Crippen LogP contribution in [0.5, 0.6) is 0 Å². The molecule has 1 saturated heterocycles. The number of halogens is 1. The van der Waals surface area contributed by atoms with Crippen LogP contribution in [0.1, 0.15) is 24.4 Å². The predicted octanol–water partition coefficient (Wildman–Crippen LogP) is 1.91. The lowest BCUT2D eigenvalue weighted by Gasteiger charge is -2.36. The highest BCUT2D eigenvalue weighted by molar-refractivity contribution is 9.10. The Morgan fingerprint density at radius 3 is 2.50 bits per heavy atom. The van der Waals surface area contributed by atoms with Crippen LogP contribution in [0.15, 0.2) is 28.7 Å². The first kappa shape index (κ1) is 15.5. The first-order chi connectivity index (χ1) is 9.65. The molecule has 1 aromatic carbocycles. The molecular weight excluding hydrogens is 318 g/mol. The lowest BCUT2D eigenvalue weighted by molar-refractivity contribution is -0.126. The van der Waals surface area contributed by atoms with Gasteiger partial charge >= 0.3 is 0 Å². The van der Waals surface area contributed by atoms with Gasteiger partial charge in [0.25, 0.3) is 0 Å². The summed E-state index contributed by atoms with van der Waals surface area (Å²) in [5.74, 6) is 0.317. The number of nitrogens with two attached hydrogens (primary N) is 1. The number of amides is 1. The topological polar surface area (TPSA) is 58.4 Å². The van der Waals surface area contributed by atoms with Crippen LogP contribution < -0.4 is 11.1 Å². The summed E-state index contributed by atoms with van der Waals surface area (Å²) in [5, 5.41) is 2.74. The molecule has 1 heterocycles. The molecule has 2 rings (SSSR count). The molecule has 110 valence electrons. The van der Waals surface area contributed by atoms with Gasteiger partial charge in [0.15, 0.2) is 0 Å². The van der Waals surface area contributed by atoms with Crippen LogP contribution in [0, 0.1) is 5.92 Å². The van der Waals surface area contributed by atoms with Crippen LogP contribution in [0.25, 0.3) is 0 Å². The van der Waals surface area contributed by atoms with Gasteiger partial charge in [-0.15, -0.1) is 0 Å². The fourth-order valence-electron chi connectivity index (χ4n) is 2.86. The minimum atomic E-state index is 0.152. The van der Waals surface area contributed by atoms with Crippen LogP contribution >= 0.6 is 15.9 Å². The second-order valence-corrected chi connectivity index (χ2v) is 6.14. The van der Waals surface area contributed by atoms with Gasteiger partial charge in [-0.25, -0.2) is 0 Å². The quantitative estimate of drug-likeness (QED) is 0.880. The van der Waals surface area contributed by atoms with E-state index >= 15 is 0 Å². The molecule has 0 aliphatic carbocycles. The fraction of sp³-hybridized carbons (Fsp3) is 0.533. The lowest BCUT2D eigenvalue weighted by Crippen LogP contribution is -2.43. The first-order valence-corrected chi connectivity index (χ1v) is 7.86. The number of likely N-dealkylation sites (tertiary alicyclic amines) is 1. The summed E-state index contributed by atoms with van der Waals surface area (Å²) < 4.78 is 1.08. The molecule has 5 heteroatoms. The van der Waals surface area contributed by atoms with Gasteiger partial charge in [-0.1, -0.05) is 28.1 Å². The molecule has 1 aliphatic rings. The van der Waals surface area contributed by atoms with E-state index in [1.807, 2.05) is 0 Å². The fourth-order valence-corrected chi connectivity index (χ4v) is 3.12. The molecule has 0 spiro atoms. The Morgan fingerprint density at radius 1 is 1.40 bits per heavy atom. The molecule has 1 aliphatic heterocycles. The van der Waals surface area contributed by atoms with Crippen LogP contribution in [0.2, 0.25) is 0 Å². The Morgan fingerprint density at radius 2 is 2.00 bits per heavy atom. The van der Waals surface area contributed by atoms with Crippen molar-refractivity contribution < 1.29 is 4.79 Å². The molecule has 0 bridgehead atoms. The smallest absolute Gasteiger partial charge is 0.222 e. The van der Waals surface area contributed by atoms with Gasteiger partial charge in [0.2, 0.25) is 5.91 Å². The van der Waals surface area contributed by atoms with Gasteiger partial charge in [0, 0.05) is 30.0 Å². The van der Waals surface area contributed by atoms with E-state index in [-0.39, 0.29) is 17.9 Å². The molecule has 1 atom stereocenters. The minimum absolute atomic E-state index is 0.152. The Bertz CT molecular complexity index is 441. The Kier molecular flexibility index (Phi) is 5.57. The van der Waals surface area contributed by atoms with Crippen molar-refractivity contribution >= 4 is 21.8 Å². The van der Waals surface area contributed by atoms with Crippen molar-refractivity contribution in [3.63, 3.8) is 0 Å². The van der Waals surface area contributed by atoms with Crippen LogP contribution in [0.4, 0.5) is 0 Å². The minimum Gasteiger partial charge on any atom is -0.359 e. The predicted molar refractivity (Wildman–Crippen MR) is 84.3 cm³/mol. The number of nitrogens with one attached hydrogen (secondary N) is 1. The summed E-state index contributed by atoms with van der Waals surface area (Å²) in [4.78, 5) is 14.1. The van der Waals surface area contributed by atoms with E-state index in [2.05, 4.69) is 50.4 Å². The zero-order valence-corrected chi connectivity index (χ0v) is 13.4. The number of carbonyl (C=O) groups is 1. The van der Waals surface area contributed by atoms with E-state index in [0.29, 0.717) is 6.54 Å². The molecule has 20 heavy (non-hydrogen) atoms. The van der Waals surface area contributed by atoms with Crippen LogP contribution in [0.3, 0.4) is 0 Å². The highest BCUT2D eigenvalue weighted by atomic mass is 79.9. The van der Waals surface area contributed by atoms with E-state index in [9.17, 15) is 4.79 Å². The van der Waals surface area contributed by atoms with Crippen molar-refractivity contribution in [2.75, 3.05) is 26.7 Å². The van der Waals surface area contributed by atoms with E-state index in [1.165, 1.54) is 5.56 Å². The number of hydrogen-bond acceptors (Lipinski definition) is 3. The van der Waals surface area contributed by atoms with Gasteiger partial charge in [-0.3, -0.25) is 9.69 Å². The van der Waals surface area contributed by atoms with Gasteiger partial charge < -0.3 is 11.1 Å². The molecule has 4 nitrogen and oxygen atoms in total. The van der Waals surface area contributed by atoms with Crippen molar-refractivity contribution in [2.24, 2.45) is 11.7 Å². The number of nitrogens with zero attached hydrogens (tertiary/aromatic N) is 1. The van der Waals surface area contributed by atoms with E-state index in [1.54, 1.807) is 7.05 Å². The zero-order valence-electron chi connectivity index (χ0n) is 11.8. The molecule has 0 aromatic heterocycles. The Hall–Kier alpha value is -0.910. The average Bonchev–Trinajstić information content (AvgIpc) is 2.50. The van der Waals surface area contributed by atoms with Gasteiger partial charge in [0.1, 0.15) is 0 Å². The maximum Gasteiger partial charge on any atom is 0.222 e. The van der Waals surface area contributed by atoms with E-state index < -0.39 is 0 Å². The molecule has 1 aromatic rings. The third-order valence-corrected chi connectivity index (χ3v) is 4.59. The largest absolute Gasteiger partial charge is 0.359 e. The molecule has 1 amide bonds. The summed E-state index contributed by atoms with van der Waals surface area (Å²) in [7, 11) is 1.71. The lowest BCUT2D eigenvalue weighted by atomic mass is 9.93. The Labute approximate surface area is 128 Å². The monoisotopic (exact) mass is 339 g/mol. The number of rotatable bonds is 4. The molecule has 3 N–H and O–H groups in total. The number of piperidine rings is 1. The highest BCUT2D eigenvalue weighted by Crippen LogP contribution is 2.27. The number of hydrogen-bond donors (Lipinski definition) is 2. The van der Waals surface area contributed by atoms with Gasteiger partial charge in [-0.2, -0.15) is 0 Å². The summed E-state index contributed by atoms with van der Waals surface area (Å²) >= 11 is 3.45. The van der Waals surface area contributed by atoms with E-state index in [0.717, 1.165) is 30.4 Å². The third-order valence-electron chi connectivity index (χ3n) is 4.07. The van der Waals surface area contributed by atoms with Crippen LogP contribution in [-0.4, -0.2) is 37.5 Å². The molecular formula is C15H22BrN3O. The third kappa shape index (κ3) is 3.59. The van der Waals surface area contributed by atoms with Gasteiger partial charge in [0.05, 0.1) is 0 Å². The van der Waals surface area contributed by atoms with Crippen molar-refractivity contribution in [2.45, 2.75) is 18.9 Å². The first-order valence-electron chi connectivity index (χ1n) is 7.07. The summed E-state index contributed by atoms with van der Waals surface area (Å²) in [5.41, 5.74) is 7.21. The standard InChI is InChI=1S/C15H22BrN3O/c1-18-15(20)12-6-8-19(9-7-12)14(10-17)11-2-4-13(16)5-3-11/h2-5,12,14H,6-10,17H2,1H3,(H,18,20). The molecule has 1 fully saturated rings. The second kappa shape index (κ2) is 7.20. The van der Waals surface area contributed by atoms with Crippen LogP contribution in [-0.2, 0) is 4.79 Å². The van der Waals surface area contributed by atoms with Crippen molar-refractivity contribution in [1.82, 2.24) is 10.2 Å².